The van der Waals surface area contributed by atoms with Crippen LogP contribution in [0.15, 0.2) is 482 Å². The molecule has 2 aliphatic carbocycles. The second-order valence-corrected chi connectivity index (χ2v) is 41.8. The van der Waals surface area contributed by atoms with Crippen molar-refractivity contribution >= 4 is 206 Å². The van der Waals surface area contributed by atoms with Crippen LogP contribution in [0.4, 0.5) is 0 Å². The fourth-order valence-electron chi connectivity index (χ4n) is 25.7. The molecule has 9 aromatic heterocycles. The first-order valence-corrected chi connectivity index (χ1v) is 51.7. The maximum absolute atomic E-state index is 6.48. The number of para-hydroxylation sites is 12. The summed E-state index contributed by atoms with van der Waals surface area (Å²) in [6.45, 7) is 9.53. The summed E-state index contributed by atoms with van der Waals surface area (Å²) in [7, 11) is 0. The van der Waals surface area contributed by atoms with Crippen molar-refractivity contribution in [2.24, 2.45) is 0 Å². The molecule has 9 heterocycles. The number of furan rings is 2. The van der Waals surface area contributed by atoms with E-state index < -0.39 is 0 Å². The molecule has 0 saturated carbocycles. The van der Waals surface area contributed by atoms with Crippen molar-refractivity contribution in [2.75, 3.05) is 0 Å². The average Bonchev–Trinajstić information content (AvgIpc) is 1.55. The van der Waals surface area contributed by atoms with Gasteiger partial charge in [0.1, 0.15) is 22.3 Å². The smallest absolute Gasteiger partial charge is 0.143 e. The normalized spacial score (nSPS) is 13.1. The molecule has 148 heavy (non-hydrogen) atoms. The standard InChI is InChI=1S/2C51H34N2O.C36H22N2S.CH4/c1-51(2)43-29-31(34-18-12-19-42-39-17-8-11-22-47(39)54-50(34)42)23-25-35(43)36-26-24-33(30-44(36)51)53-46-21-10-7-16-38(46)41-28-27-40-37-15-6-9-20-45(37)52(48(40)49(41)53)32-13-4-3-5-14-32;1-51(2)43-29-32(31-21-27-48-42(28-31)39-16-8-11-19-47(39)54-48)20-23-35(43)36-24-22-34(30-44(36)51)53-46-18-10-7-15-38(46)41-26-25-40-37-14-6-9-17-45(37)52(49(40)50(41)53)33-12-4-3-5-13-33;1-2-11-23(12-3-1)37-30-17-7-4-13-24(30)27-21-22-28-25-14-5-8-18-31(25)38(35(28)34(27)37)32-19-10-16-29-26-15-6-9-20-33(26)39-36(29)32;/h2*3-30H,1-2H3;1-22H;1H4. The first-order chi connectivity index (χ1) is 72.5. The van der Waals surface area contributed by atoms with E-state index in [-0.39, 0.29) is 18.3 Å². The summed E-state index contributed by atoms with van der Waals surface area (Å²) in [5, 5.41) is 22.4. The van der Waals surface area contributed by atoms with Crippen molar-refractivity contribution < 1.29 is 8.83 Å². The van der Waals surface area contributed by atoms with Gasteiger partial charge in [-0.3, -0.25) is 0 Å². The van der Waals surface area contributed by atoms with E-state index in [1.165, 1.54) is 235 Å². The van der Waals surface area contributed by atoms with E-state index in [9.17, 15) is 0 Å². The Balaban J connectivity index is 0.000000104. The molecule has 33 rings (SSSR count). The number of rotatable bonds is 8. The Hall–Kier alpha value is -18.5. The highest BCUT2D eigenvalue weighted by Gasteiger charge is 2.40. The predicted octanol–water partition coefficient (Wildman–Crippen LogP) is 38.4. The molecule has 9 heteroatoms. The topological polar surface area (TPSA) is 55.9 Å². The van der Waals surface area contributed by atoms with E-state index in [0.29, 0.717) is 0 Å². The van der Waals surface area contributed by atoms with Gasteiger partial charge >= 0.3 is 0 Å². The van der Waals surface area contributed by atoms with Crippen molar-refractivity contribution in [3.63, 3.8) is 0 Å². The molecule has 0 atom stereocenters. The molecule has 22 aromatic carbocycles. The lowest BCUT2D eigenvalue weighted by molar-refractivity contribution is 0.659. The molecule has 698 valence electrons. The van der Waals surface area contributed by atoms with Crippen LogP contribution >= 0.6 is 11.3 Å². The third-order valence-electron chi connectivity index (χ3n) is 32.3. The third kappa shape index (κ3) is 12.2. The van der Waals surface area contributed by atoms with Crippen LogP contribution in [-0.4, -0.2) is 27.4 Å². The maximum atomic E-state index is 6.48. The van der Waals surface area contributed by atoms with Crippen LogP contribution in [0.5, 0.6) is 0 Å². The molecule has 0 unspecified atom stereocenters. The molecular weight excluding hydrogens is 1820 g/mol. The highest BCUT2D eigenvalue weighted by atomic mass is 32.1. The van der Waals surface area contributed by atoms with E-state index in [2.05, 4.69) is 510 Å². The Morgan fingerprint density at radius 2 is 0.493 bits per heavy atom. The Labute approximate surface area is 856 Å². The molecule has 31 aromatic rings. The summed E-state index contributed by atoms with van der Waals surface area (Å²) in [4.78, 5) is 0. The van der Waals surface area contributed by atoms with Crippen molar-refractivity contribution in [2.45, 2.75) is 46.0 Å². The lowest BCUT2D eigenvalue weighted by Crippen LogP contribution is -2.15. The van der Waals surface area contributed by atoms with Crippen LogP contribution in [0.1, 0.15) is 57.4 Å². The Morgan fingerprint density at radius 3 is 0.939 bits per heavy atom. The van der Waals surface area contributed by atoms with Crippen molar-refractivity contribution in [1.82, 2.24) is 27.4 Å². The number of aromatic nitrogens is 6. The summed E-state index contributed by atoms with van der Waals surface area (Å²) in [5.41, 5.74) is 40.4. The van der Waals surface area contributed by atoms with Gasteiger partial charge in [0.25, 0.3) is 0 Å². The maximum Gasteiger partial charge on any atom is 0.143 e. The summed E-state index contributed by atoms with van der Waals surface area (Å²) in [6, 6.07) is 173. The average molecular weight is 1910 g/mol. The Bertz CT molecular complexity index is 11000. The van der Waals surface area contributed by atoms with Gasteiger partial charge in [0, 0.05) is 146 Å². The fraction of sp³-hybridized carbons (Fsp3) is 0.0504. The SMILES string of the molecule is C.CC1(C)c2cc(-c3ccc4oc5ccccc5c4c3)ccc2-c2ccc(-n3c4ccccc4c4ccc5c6ccccc6n(-c6ccccc6)c5c43)cc21.CC1(C)c2cc(-c3cccc4c3oc3ccccc34)ccc2-c2ccc(-n3c4ccccc4c4ccc5c6ccccc6n(-c6ccccc6)c5c43)cc21.c1ccc(-n2c3ccccc3c3ccc4c5ccccc5n(-c5cccc6c5sc5ccccc56)c4c32)cc1. The van der Waals surface area contributed by atoms with Crippen LogP contribution in [-0.2, 0) is 10.8 Å². The van der Waals surface area contributed by atoms with Gasteiger partial charge in [0.15, 0.2) is 0 Å². The van der Waals surface area contributed by atoms with E-state index in [0.717, 1.165) is 60.8 Å². The van der Waals surface area contributed by atoms with Crippen molar-refractivity contribution in [3.8, 4) is 78.6 Å². The predicted molar refractivity (Wildman–Crippen MR) is 626 cm³/mol. The number of benzene rings is 22. The van der Waals surface area contributed by atoms with Crippen LogP contribution in [0.2, 0.25) is 0 Å². The molecule has 2 aliphatic rings. The van der Waals surface area contributed by atoms with Gasteiger partial charge < -0.3 is 36.2 Å². The Morgan fingerprint density at radius 1 is 0.189 bits per heavy atom. The second-order valence-electron chi connectivity index (χ2n) is 40.8. The van der Waals surface area contributed by atoms with E-state index in [1.54, 1.807) is 0 Å². The van der Waals surface area contributed by atoms with Crippen molar-refractivity contribution in [3.05, 3.63) is 495 Å². The zero-order valence-electron chi connectivity index (χ0n) is 80.9. The molecule has 0 amide bonds. The first-order valence-electron chi connectivity index (χ1n) is 50.8. The van der Waals surface area contributed by atoms with Gasteiger partial charge in [-0.15, -0.1) is 11.3 Å². The minimum Gasteiger partial charge on any atom is -0.456 e. The molecule has 0 radical (unpaired) electrons. The second kappa shape index (κ2) is 32.2. The van der Waals surface area contributed by atoms with Gasteiger partial charge in [-0.25, -0.2) is 0 Å². The van der Waals surface area contributed by atoms with Crippen LogP contribution < -0.4 is 0 Å². The van der Waals surface area contributed by atoms with Gasteiger partial charge in [0.05, 0.1) is 76.6 Å². The summed E-state index contributed by atoms with van der Waals surface area (Å²) in [5.74, 6) is 0. The molecule has 0 saturated heterocycles. The number of hydrogen-bond donors (Lipinski definition) is 0. The molecule has 8 nitrogen and oxygen atoms in total. The number of hydrogen-bond acceptors (Lipinski definition) is 3. The number of nitrogens with zero attached hydrogens (tertiary/aromatic N) is 6. The summed E-state index contributed by atoms with van der Waals surface area (Å²) < 4.78 is 30.2. The summed E-state index contributed by atoms with van der Waals surface area (Å²) >= 11 is 1.89. The minimum atomic E-state index is -0.217. The lowest BCUT2D eigenvalue weighted by atomic mass is 9.81. The van der Waals surface area contributed by atoms with Gasteiger partial charge in [0.2, 0.25) is 0 Å². The van der Waals surface area contributed by atoms with Gasteiger partial charge in [-0.05, 0) is 207 Å². The molecule has 0 N–H and O–H groups in total. The fourth-order valence-corrected chi connectivity index (χ4v) is 26.9. The van der Waals surface area contributed by atoms with E-state index in [1.807, 2.05) is 29.5 Å². The summed E-state index contributed by atoms with van der Waals surface area (Å²) in [6.07, 6.45) is 0. The molecule has 0 bridgehead atoms. The van der Waals surface area contributed by atoms with Gasteiger partial charge in [-0.2, -0.15) is 0 Å². The van der Waals surface area contributed by atoms with Crippen LogP contribution in [0.3, 0.4) is 0 Å². The monoisotopic (exact) mass is 1910 g/mol. The number of thiophene rings is 1. The molecule has 0 spiro atoms. The van der Waals surface area contributed by atoms with Crippen LogP contribution in [0.25, 0.3) is 274 Å². The van der Waals surface area contributed by atoms with Crippen molar-refractivity contribution in [1.29, 1.82) is 0 Å². The zero-order chi connectivity index (χ0) is 96.9. The molecule has 0 fully saturated rings. The zero-order valence-corrected chi connectivity index (χ0v) is 81.8. The van der Waals surface area contributed by atoms with E-state index in [4.69, 9.17) is 8.83 Å². The number of fused-ring (bicyclic) bond motifs is 36. The third-order valence-corrected chi connectivity index (χ3v) is 33.5. The highest BCUT2D eigenvalue weighted by molar-refractivity contribution is 7.26. The highest BCUT2D eigenvalue weighted by Crippen LogP contribution is 2.56. The largest absolute Gasteiger partial charge is 0.456 e. The Kier molecular flexibility index (Phi) is 18.5. The molecular formula is C139H94N6O2S. The van der Waals surface area contributed by atoms with Gasteiger partial charge in [-0.1, -0.05) is 363 Å². The van der Waals surface area contributed by atoms with Crippen LogP contribution in [0, 0.1) is 0 Å². The molecule has 0 aliphatic heterocycles. The minimum absolute atomic E-state index is 0. The lowest BCUT2D eigenvalue weighted by Gasteiger charge is -2.23. The van der Waals surface area contributed by atoms with E-state index >= 15 is 0 Å². The first kappa shape index (κ1) is 85.1. The quantitative estimate of drug-likeness (QED) is 0.152.